The Hall–Kier alpha value is -3.25. The van der Waals surface area contributed by atoms with Gasteiger partial charge in [0.15, 0.2) is 0 Å². The fourth-order valence-electron chi connectivity index (χ4n) is 3.92. The lowest BCUT2D eigenvalue weighted by Gasteiger charge is -2.40. The van der Waals surface area contributed by atoms with Crippen LogP contribution in [0.2, 0.25) is 0 Å². The van der Waals surface area contributed by atoms with Gasteiger partial charge in [0.25, 0.3) is 0 Å². The van der Waals surface area contributed by atoms with E-state index in [1.165, 1.54) is 4.88 Å². The number of carbonyl (C=O) groups is 2. The quantitative estimate of drug-likeness (QED) is 0.535. The van der Waals surface area contributed by atoms with Crippen LogP contribution in [0.4, 0.5) is 0 Å². The summed E-state index contributed by atoms with van der Waals surface area (Å²) in [4.78, 5) is 35.1. The summed E-state index contributed by atoms with van der Waals surface area (Å²) in [6.07, 6.45) is 5.87. The molecule has 0 spiro atoms. The molecule has 6 heteroatoms. The number of thiophene rings is 1. The van der Waals surface area contributed by atoms with Crippen LogP contribution in [0.1, 0.15) is 11.1 Å². The molecule has 0 saturated carbocycles. The maximum Gasteiger partial charge on any atom is 0.246 e. The second kappa shape index (κ2) is 9.71. The molecule has 1 fully saturated rings. The Kier molecular flexibility index (Phi) is 6.57. The molecule has 158 valence electrons. The monoisotopic (exact) mass is 431 g/mol. The lowest BCUT2D eigenvalue weighted by atomic mass is 9.99. The Labute approximate surface area is 186 Å². The Morgan fingerprint density at radius 2 is 1.97 bits per heavy atom. The molecule has 0 radical (unpaired) electrons. The van der Waals surface area contributed by atoms with E-state index in [-0.39, 0.29) is 18.2 Å². The number of hydrogen-bond acceptors (Lipinski definition) is 4. The molecule has 1 aromatic carbocycles. The van der Waals surface area contributed by atoms with Gasteiger partial charge in [-0.3, -0.25) is 14.6 Å². The molecule has 2 amide bonds. The van der Waals surface area contributed by atoms with E-state index in [0.29, 0.717) is 26.1 Å². The average Bonchev–Trinajstić information content (AvgIpc) is 3.33. The number of carbonyl (C=O) groups excluding carboxylic acids is 2. The highest BCUT2D eigenvalue weighted by Crippen LogP contribution is 2.26. The van der Waals surface area contributed by atoms with Crippen molar-refractivity contribution in [3.63, 3.8) is 0 Å². The Bertz CT molecular complexity index is 1030. The molecule has 31 heavy (non-hydrogen) atoms. The molecule has 3 aromatic rings. The molecule has 1 aliphatic heterocycles. The minimum absolute atomic E-state index is 0.0204. The topological polar surface area (TPSA) is 53.5 Å². The molecule has 1 atom stereocenters. The van der Waals surface area contributed by atoms with Crippen LogP contribution >= 0.6 is 11.3 Å². The fraction of sp³-hybridized carbons (Fsp3) is 0.240. The standard InChI is InChI=1S/C25H25N3O2S/c1-2-12-27-13-14-28(24(29)17-20-5-3-11-26-18-20)22(25(27)30)16-19-7-9-21(10-8-19)23-6-4-15-31-23/h2-11,15,18,22H,1,12-14,16-17H2/t22-/m1/s1. The van der Waals surface area contributed by atoms with E-state index in [4.69, 9.17) is 0 Å². The van der Waals surface area contributed by atoms with Gasteiger partial charge in [-0.25, -0.2) is 0 Å². The molecule has 5 nitrogen and oxygen atoms in total. The summed E-state index contributed by atoms with van der Waals surface area (Å²) in [6, 6.07) is 15.6. The van der Waals surface area contributed by atoms with E-state index < -0.39 is 6.04 Å². The van der Waals surface area contributed by atoms with Gasteiger partial charge in [-0.2, -0.15) is 0 Å². The summed E-state index contributed by atoms with van der Waals surface area (Å²) in [7, 11) is 0. The van der Waals surface area contributed by atoms with E-state index in [1.807, 2.05) is 18.2 Å². The van der Waals surface area contributed by atoms with Crippen molar-refractivity contribution in [3.8, 4) is 10.4 Å². The van der Waals surface area contributed by atoms with Gasteiger partial charge in [-0.05, 0) is 34.2 Å². The second-order valence-corrected chi connectivity index (χ2v) is 8.54. The second-order valence-electron chi connectivity index (χ2n) is 7.59. The first kappa shape index (κ1) is 21.0. The number of rotatable bonds is 7. The highest BCUT2D eigenvalue weighted by Gasteiger charge is 2.36. The lowest BCUT2D eigenvalue weighted by molar-refractivity contribution is -0.150. The SMILES string of the molecule is C=CCN1CCN(C(=O)Cc2cccnc2)[C@H](Cc2ccc(-c3cccs3)cc2)C1=O. The van der Waals surface area contributed by atoms with E-state index in [1.54, 1.807) is 39.6 Å². The van der Waals surface area contributed by atoms with Crippen molar-refractivity contribution in [2.75, 3.05) is 19.6 Å². The van der Waals surface area contributed by atoms with Gasteiger partial charge in [0.05, 0.1) is 6.42 Å². The van der Waals surface area contributed by atoms with Crippen LogP contribution in [-0.4, -0.2) is 52.3 Å². The van der Waals surface area contributed by atoms with Crippen LogP contribution in [0.3, 0.4) is 0 Å². The number of piperazine rings is 1. The smallest absolute Gasteiger partial charge is 0.246 e. The predicted molar refractivity (Wildman–Crippen MR) is 124 cm³/mol. The number of nitrogens with zero attached hydrogens (tertiary/aromatic N) is 3. The van der Waals surface area contributed by atoms with Crippen LogP contribution in [0.5, 0.6) is 0 Å². The molecule has 2 aromatic heterocycles. The lowest BCUT2D eigenvalue weighted by Crippen LogP contribution is -2.59. The molecular weight excluding hydrogens is 406 g/mol. The molecule has 1 aliphatic rings. The van der Waals surface area contributed by atoms with Crippen LogP contribution in [0, 0.1) is 0 Å². The minimum atomic E-state index is -0.509. The number of hydrogen-bond donors (Lipinski definition) is 0. The van der Waals surface area contributed by atoms with Gasteiger partial charge in [-0.1, -0.05) is 42.5 Å². The Morgan fingerprint density at radius 3 is 2.65 bits per heavy atom. The highest BCUT2D eigenvalue weighted by atomic mass is 32.1. The summed E-state index contributed by atoms with van der Waals surface area (Å²) in [6.45, 7) is 5.31. The zero-order valence-corrected chi connectivity index (χ0v) is 18.1. The van der Waals surface area contributed by atoms with Gasteiger partial charge >= 0.3 is 0 Å². The maximum atomic E-state index is 13.2. The molecule has 3 heterocycles. The maximum absolute atomic E-state index is 13.2. The Morgan fingerprint density at radius 1 is 1.13 bits per heavy atom. The van der Waals surface area contributed by atoms with E-state index in [2.05, 4.69) is 47.3 Å². The van der Waals surface area contributed by atoms with E-state index in [0.717, 1.165) is 16.7 Å². The third-order valence-corrected chi connectivity index (χ3v) is 6.44. The van der Waals surface area contributed by atoms with Crippen molar-refractivity contribution in [1.29, 1.82) is 0 Å². The van der Waals surface area contributed by atoms with Crippen LogP contribution in [0.15, 0.2) is 79.0 Å². The van der Waals surface area contributed by atoms with E-state index in [9.17, 15) is 9.59 Å². The average molecular weight is 432 g/mol. The summed E-state index contributed by atoms with van der Waals surface area (Å²) in [5, 5.41) is 2.06. The molecule has 0 bridgehead atoms. The third-order valence-electron chi connectivity index (χ3n) is 5.52. The first-order valence-electron chi connectivity index (χ1n) is 10.4. The molecule has 4 rings (SSSR count). The van der Waals surface area contributed by atoms with Gasteiger partial charge in [0, 0.05) is 43.3 Å². The summed E-state index contributed by atoms with van der Waals surface area (Å²) in [5.41, 5.74) is 3.05. The van der Waals surface area contributed by atoms with Gasteiger partial charge in [0.2, 0.25) is 11.8 Å². The van der Waals surface area contributed by atoms with Gasteiger partial charge < -0.3 is 9.80 Å². The zero-order chi connectivity index (χ0) is 21.6. The zero-order valence-electron chi connectivity index (χ0n) is 17.3. The van der Waals surface area contributed by atoms with Crippen molar-refractivity contribution in [3.05, 3.63) is 90.1 Å². The third kappa shape index (κ3) is 4.91. The van der Waals surface area contributed by atoms with Crippen molar-refractivity contribution >= 4 is 23.2 Å². The minimum Gasteiger partial charge on any atom is -0.335 e. The first-order valence-corrected chi connectivity index (χ1v) is 11.2. The van der Waals surface area contributed by atoms with Crippen molar-refractivity contribution < 1.29 is 9.59 Å². The molecule has 0 N–H and O–H groups in total. The Balaban J connectivity index is 1.54. The van der Waals surface area contributed by atoms with Gasteiger partial charge in [-0.15, -0.1) is 17.9 Å². The van der Waals surface area contributed by atoms with Crippen LogP contribution in [-0.2, 0) is 22.4 Å². The van der Waals surface area contributed by atoms with Gasteiger partial charge in [0.1, 0.15) is 6.04 Å². The van der Waals surface area contributed by atoms with Crippen molar-refractivity contribution in [2.45, 2.75) is 18.9 Å². The summed E-state index contributed by atoms with van der Waals surface area (Å²) in [5.74, 6) is -0.0622. The summed E-state index contributed by atoms with van der Waals surface area (Å²) >= 11 is 1.70. The normalized spacial score (nSPS) is 16.4. The molecule has 0 unspecified atom stereocenters. The predicted octanol–water partition coefficient (Wildman–Crippen LogP) is 3.82. The van der Waals surface area contributed by atoms with Crippen molar-refractivity contribution in [2.24, 2.45) is 0 Å². The van der Waals surface area contributed by atoms with Crippen LogP contribution < -0.4 is 0 Å². The van der Waals surface area contributed by atoms with Crippen molar-refractivity contribution in [1.82, 2.24) is 14.8 Å². The first-order chi connectivity index (χ1) is 15.2. The molecular formula is C25H25N3O2S. The summed E-state index contributed by atoms with van der Waals surface area (Å²) < 4.78 is 0. The number of amides is 2. The fourth-order valence-corrected chi connectivity index (χ4v) is 4.65. The largest absolute Gasteiger partial charge is 0.335 e. The molecule has 0 aliphatic carbocycles. The number of pyridine rings is 1. The van der Waals surface area contributed by atoms with Crippen LogP contribution in [0.25, 0.3) is 10.4 Å². The number of aromatic nitrogens is 1. The highest BCUT2D eigenvalue weighted by molar-refractivity contribution is 7.13. The molecule has 1 saturated heterocycles. The van der Waals surface area contributed by atoms with E-state index >= 15 is 0 Å². The number of benzene rings is 1.